The molecule has 1 aromatic rings. The Morgan fingerprint density at radius 3 is 2.44 bits per heavy atom. The maximum atomic E-state index is 11.5. The van der Waals surface area contributed by atoms with Gasteiger partial charge in [-0.15, -0.1) is 0 Å². The lowest BCUT2D eigenvalue weighted by molar-refractivity contribution is -0.139. The maximum absolute atomic E-state index is 11.5. The van der Waals surface area contributed by atoms with Gasteiger partial charge in [-0.05, 0) is 24.7 Å². The molecule has 5 heteroatoms. The van der Waals surface area contributed by atoms with Crippen molar-refractivity contribution in [1.82, 2.24) is 5.32 Å². The third-order valence-corrected chi connectivity index (χ3v) is 2.42. The van der Waals surface area contributed by atoms with Crippen LogP contribution in [-0.4, -0.2) is 32.6 Å². The molecule has 0 atom stereocenters. The normalized spacial score (nSPS) is 9.89. The number of carbonyl (C=O) groups excluding carboxylic acids is 2. The number of ether oxygens (including phenoxy) is 1. The number of benzene rings is 1. The molecule has 98 valence electrons. The van der Waals surface area contributed by atoms with Gasteiger partial charge in [-0.2, -0.15) is 0 Å². The minimum atomic E-state index is -0.277. The Balaban J connectivity index is 2.49. The van der Waals surface area contributed by atoms with E-state index >= 15 is 0 Å². The summed E-state index contributed by atoms with van der Waals surface area (Å²) in [5.74, 6) is -0.314. The van der Waals surface area contributed by atoms with E-state index in [1.165, 1.54) is 7.11 Å². The molecule has 2 N–H and O–H groups in total. The van der Waals surface area contributed by atoms with Crippen molar-refractivity contribution in [2.45, 2.75) is 12.8 Å². The number of methoxy groups -OCH3 is 1. The van der Waals surface area contributed by atoms with Crippen molar-refractivity contribution in [2.75, 3.05) is 26.0 Å². The smallest absolute Gasteiger partial charge is 0.309 e. The second-order valence-corrected chi connectivity index (χ2v) is 3.85. The van der Waals surface area contributed by atoms with E-state index in [1.807, 2.05) is 0 Å². The summed E-state index contributed by atoms with van der Waals surface area (Å²) in [5.41, 5.74) is 1.58. The first-order valence-electron chi connectivity index (χ1n) is 5.76. The second-order valence-electron chi connectivity index (χ2n) is 3.85. The average molecular weight is 250 g/mol. The highest BCUT2D eigenvalue weighted by molar-refractivity contribution is 5.90. The summed E-state index contributed by atoms with van der Waals surface area (Å²) >= 11 is 0. The molecule has 0 saturated heterocycles. The fourth-order valence-electron chi connectivity index (χ4n) is 1.41. The van der Waals surface area contributed by atoms with Crippen LogP contribution in [0.15, 0.2) is 24.3 Å². The van der Waals surface area contributed by atoms with Gasteiger partial charge < -0.3 is 15.4 Å². The summed E-state index contributed by atoms with van der Waals surface area (Å²) in [4.78, 5) is 22.5. The molecule has 5 nitrogen and oxygen atoms in total. The van der Waals surface area contributed by atoms with Crippen molar-refractivity contribution in [3.8, 4) is 0 Å². The van der Waals surface area contributed by atoms with Gasteiger partial charge in [0.05, 0.1) is 13.5 Å². The largest absolute Gasteiger partial charge is 0.469 e. The van der Waals surface area contributed by atoms with E-state index in [1.54, 1.807) is 31.3 Å². The highest BCUT2D eigenvalue weighted by atomic mass is 16.5. The zero-order valence-corrected chi connectivity index (χ0v) is 10.7. The molecular formula is C13H18N2O3. The van der Waals surface area contributed by atoms with Crippen molar-refractivity contribution < 1.29 is 14.3 Å². The highest BCUT2D eigenvalue weighted by Gasteiger charge is 2.04. The number of carbonyl (C=O) groups is 2. The summed E-state index contributed by atoms with van der Waals surface area (Å²) in [5, 5.41) is 5.69. The first-order valence-corrected chi connectivity index (χ1v) is 5.76. The Hall–Kier alpha value is -1.88. The average Bonchev–Trinajstić information content (AvgIpc) is 2.38. The van der Waals surface area contributed by atoms with Gasteiger partial charge in [0.2, 0.25) is 5.91 Å². The lowest BCUT2D eigenvalue weighted by Gasteiger charge is -2.06. The zero-order valence-electron chi connectivity index (χ0n) is 10.7. The molecule has 1 aromatic carbocycles. The van der Waals surface area contributed by atoms with E-state index in [0.29, 0.717) is 13.0 Å². The number of amides is 1. The summed E-state index contributed by atoms with van der Waals surface area (Å²) < 4.78 is 4.58. The molecule has 1 amide bonds. The maximum Gasteiger partial charge on any atom is 0.309 e. The summed E-state index contributed by atoms with van der Waals surface area (Å²) in [6.07, 6.45) is 0.672. The van der Waals surface area contributed by atoms with Crippen molar-refractivity contribution in [1.29, 1.82) is 0 Å². The Bertz CT molecular complexity index is 401. The number of hydrogen-bond acceptors (Lipinski definition) is 4. The molecule has 1 rings (SSSR count). The van der Waals surface area contributed by atoms with Gasteiger partial charge in [-0.25, -0.2) is 0 Å². The highest BCUT2D eigenvalue weighted by Crippen LogP contribution is 2.10. The molecule has 18 heavy (non-hydrogen) atoms. The fourth-order valence-corrected chi connectivity index (χ4v) is 1.41. The standard InChI is InChI=1S/C13H18N2O3/c1-14-8-7-12(16)15-11-5-3-10(4-6-11)9-13(17)18-2/h3-6,14H,7-9H2,1-2H3,(H,15,16). The number of nitrogens with one attached hydrogen (secondary N) is 2. The van der Waals surface area contributed by atoms with E-state index in [-0.39, 0.29) is 18.3 Å². The predicted molar refractivity (Wildman–Crippen MR) is 69.3 cm³/mol. The van der Waals surface area contributed by atoms with Crippen LogP contribution in [0.5, 0.6) is 0 Å². The Morgan fingerprint density at radius 2 is 1.89 bits per heavy atom. The lowest BCUT2D eigenvalue weighted by atomic mass is 10.1. The molecule has 0 bridgehead atoms. The first-order chi connectivity index (χ1) is 8.65. The van der Waals surface area contributed by atoms with Crippen LogP contribution < -0.4 is 10.6 Å². The fraction of sp³-hybridized carbons (Fsp3) is 0.385. The Labute approximate surface area is 107 Å². The SMILES string of the molecule is CNCCC(=O)Nc1ccc(CC(=O)OC)cc1. The van der Waals surface area contributed by atoms with Gasteiger partial charge in [0, 0.05) is 18.7 Å². The number of hydrogen-bond donors (Lipinski definition) is 2. The van der Waals surface area contributed by atoms with Crippen LogP contribution >= 0.6 is 0 Å². The Kier molecular flexibility index (Phi) is 5.87. The monoisotopic (exact) mass is 250 g/mol. The van der Waals surface area contributed by atoms with Crippen LogP contribution in [0.3, 0.4) is 0 Å². The minimum absolute atomic E-state index is 0.0370. The molecule has 0 heterocycles. The number of anilines is 1. The summed E-state index contributed by atoms with van der Waals surface area (Å²) in [6.45, 7) is 0.645. The molecule has 0 spiro atoms. The molecule has 0 aliphatic rings. The third kappa shape index (κ3) is 4.97. The van der Waals surface area contributed by atoms with E-state index in [9.17, 15) is 9.59 Å². The van der Waals surface area contributed by atoms with Gasteiger partial charge in [0.1, 0.15) is 0 Å². The quantitative estimate of drug-likeness (QED) is 0.738. The van der Waals surface area contributed by atoms with Crippen molar-refractivity contribution >= 4 is 17.6 Å². The van der Waals surface area contributed by atoms with Gasteiger partial charge in [0.15, 0.2) is 0 Å². The van der Waals surface area contributed by atoms with Gasteiger partial charge in [-0.1, -0.05) is 12.1 Å². The van der Waals surface area contributed by atoms with E-state index in [0.717, 1.165) is 11.3 Å². The minimum Gasteiger partial charge on any atom is -0.469 e. The van der Waals surface area contributed by atoms with Crippen LogP contribution in [0.1, 0.15) is 12.0 Å². The van der Waals surface area contributed by atoms with Gasteiger partial charge in [0.25, 0.3) is 0 Å². The number of rotatable bonds is 6. The van der Waals surface area contributed by atoms with Crippen molar-refractivity contribution in [3.63, 3.8) is 0 Å². The third-order valence-electron chi connectivity index (χ3n) is 2.42. The van der Waals surface area contributed by atoms with E-state index < -0.39 is 0 Å². The van der Waals surface area contributed by atoms with E-state index in [2.05, 4.69) is 15.4 Å². The second kappa shape index (κ2) is 7.45. The van der Waals surface area contributed by atoms with E-state index in [4.69, 9.17) is 0 Å². The molecule has 0 aromatic heterocycles. The predicted octanol–water partition coefficient (Wildman–Crippen LogP) is 0.950. The molecule has 0 aliphatic heterocycles. The molecule has 0 fully saturated rings. The van der Waals surface area contributed by atoms with Crippen molar-refractivity contribution in [2.24, 2.45) is 0 Å². The zero-order chi connectivity index (χ0) is 13.4. The summed E-state index contributed by atoms with van der Waals surface area (Å²) in [7, 11) is 3.16. The molecule has 0 radical (unpaired) electrons. The van der Waals surface area contributed by atoms with Crippen LogP contribution in [-0.2, 0) is 20.7 Å². The lowest BCUT2D eigenvalue weighted by Crippen LogP contribution is -2.18. The van der Waals surface area contributed by atoms with Crippen LogP contribution in [0, 0.1) is 0 Å². The molecular weight excluding hydrogens is 232 g/mol. The van der Waals surface area contributed by atoms with Crippen LogP contribution in [0.2, 0.25) is 0 Å². The topological polar surface area (TPSA) is 67.4 Å². The molecule has 0 saturated carbocycles. The van der Waals surface area contributed by atoms with Gasteiger partial charge >= 0.3 is 5.97 Å². The van der Waals surface area contributed by atoms with Crippen LogP contribution in [0.4, 0.5) is 5.69 Å². The van der Waals surface area contributed by atoms with Crippen LogP contribution in [0.25, 0.3) is 0 Å². The molecule has 0 aliphatic carbocycles. The molecule has 0 unspecified atom stereocenters. The summed E-state index contributed by atoms with van der Waals surface area (Å²) in [6, 6.07) is 7.14. The number of esters is 1. The van der Waals surface area contributed by atoms with Crippen molar-refractivity contribution in [3.05, 3.63) is 29.8 Å². The first kappa shape index (κ1) is 14.2. The Morgan fingerprint density at radius 1 is 1.22 bits per heavy atom. The van der Waals surface area contributed by atoms with Gasteiger partial charge in [-0.3, -0.25) is 9.59 Å².